The Hall–Kier alpha value is -2.24. The van der Waals surface area contributed by atoms with Crippen molar-refractivity contribution in [1.29, 1.82) is 0 Å². The minimum absolute atomic E-state index is 0.616. The predicted octanol–water partition coefficient (Wildman–Crippen LogP) is 3.10. The lowest BCUT2D eigenvalue weighted by Gasteiger charge is -2.28. The van der Waals surface area contributed by atoms with Crippen LogP contribution in [0.1, 0.15) is 10.4 Å². The smallest absolute Gasteiger partial charge is 0.162 e. The van der Waals surface area contributed by atoms with Gasteiger partial charge in [-0.15, -0.1) is 15.6 Å². The molecule has 31 heavy (non-hydrogen) atoms. The number of aromatic amines is 1. The number of hydrogen-bond acceptors (Lipinski definition) is 8. The van der Waals surface area contributed by atoms with E-state index in [9.17, 15) is 4.55 Å². The number of nitrogens with one attached hydrogen (secondary N) is 1. The number of aryl methyl sites for hydroxylation is 1. The van der Waals surface area contributed by atoms with Gasteiger partial charge in [0, 0.05) is 47.3 Å². The van der Waals surface area contributed by atoms with Crippen molar-refractivity contribution in [2.24, 2.45) is 0 Å². The van der Waals surface area contributed by atoms with Crippen LogP contribution in [-0.2, 0) is 22.6 Å². The second-order valence-corrected chi connectivity index (χ2v) is 10.2. The number of anilines is 1. The predicted molar refractivity (Wildman–Crippen MR) is 126 cm³/mol. The standard InChI is InChI=1S/C21H24N6O2S2/c1-13-17(12-26(2)31(3)28)30-19-18(13)23-20(24-21(19)27-7-9-29-10-8-27)14-5-4-6-16-15(14)11-22-25-16/h4-6,11H,7-10,12H2,1-3H3,(H,22,25). The maximum Gasteiger partial charge on any atom is 0.162 e. The van der Waals surface area contributed by atoms with Gasteiger partial charge in [-0.05, 0) is 18.6 Å². The molecule has 0 saturated carbocycles. The number of thiophene rings is 1. The molecule has 0 amide bonds. The van der Waals surface area contributed by atoms with E-state index in [1.54, 1.807) is 17.6 Å². The number of fused-ring (bicyclic) bond motifs is 2. The van der Waals surface area contributed by atoms with Crippen LogP contribution in [0, 0.1) is 6.92 Å². The van der Waals surface area contributed by atoms with Crippen molar-refractivity contribution in [2.45, 2.75) is 13.5 Å². The number of hydrogen-bond donors (Lipinski definition) is 1. The maximum atomic E-state index is 11.9. The summed E-state index contributed by atoms with van der Waals surface area (Å²) in [6.45, 7) is 5.68. The second-order valence-electron chi connectivity index (χ2n) is 7.64. The van der Waals surface area contributed by atoms with Gasteiger partial charge in [-0.3, -0.25) is 5.10 Å². The summed E-state index contributed by atoms with van der Waals surface area (Å²) in [6.07, 6.45) is 3.52. The zero-order valence-corrected chi connectivity index (χ0v) is 19.3. The number of H-pyrrole nitrogens is 1. The van der Waals surface area contributed by atoms with Gasteiger partial charge in [-0.2, -0.15) is 5.10 Å². The molecule has 0 spiro atoms. The van der Waals surface area contributed by atoms with Gasteiger partial charge in [0.25, 0.3) is 0 Å². The third-order valence-corrected chi connectivity index (χ3v) is 7.96. The molecular weight excluding hydrogens is 432 g/mol. The fraction of sp³-hybridized carbons (Fsp3) is 0.381. The summed E-state index contributed by atoms with van der Waals surface area (Å²) >= 11 is 0.668. The Morgan fingerprint density at radius 1 is 1.29 bits per heavy atom. The van der Waals surface area contributed by atoms with Crippen molar-refractivity contribution in [3.8, 4) is 11.4 Å². The Bertz CT molecular complexity index is 1230. The van der Waals surface area contributed by atoms with Crippen LogP contribution in [0.4, 0.5) is 5.82 Å². The molecule has 10 heteroatoms. The van der Waals surface area contributed by atoms with E-state index in [1.165, 1.54) is 0 Å². The minimum atomic E-state index is -1.03. The molecule has 1 saturated heterocycles. The zero-order chi connectivity index (χ0) is 21.5. The first-order valence-corrected chi connectivity index (χ1v) is 12.5. The number of benzene rings is 1. The lowest BCUT2D eigenvalue weighted by molar-refractivity contribution is 0.122. The Kier molecular flexibility index (Phi) is 5.57. The fourth-order valence-electron chi connectivity index (χ4n) is 3.84. The van der Waals surface area contributed by atoms with Crippen molar-refractivity contribution >= 4 is 49.6 Å². The van der Waals surface area contributed by atoms with Crippen LogP contribution in [0.2, 0.25) is 0 Å². The third kappa shape index (κ3) is 3.79. The first-order chi connectivity index (χ1) is 15.0. The van der Waals surface area contributed by atoms with Gasteiger partial charge in [0.2, 0.25) is 0 Å². The number of ether oxygens (including phenoxy) is 1. The van der Waals surface area contributed by atoms with Crippen LogP contribution in [0.15, 0.2) is 24.4 Å². The summed E-state index contributed by atoms with van der Waals surface area (Å²) in [6, 6.07) is 6.04. The zero-order valence-electron chi connectivity index (χ0n) is 17.7. The largest absolute Gasteiger partial charge is 0.598 e. The number of morpholine rings is 1. The van der Waals surface area contributed by atoms with E-state index in [2.05, 4.69) is 22.0 Å². The van der Waals surface area contributed by atoms with Crippen molar-refractivity contribution in [3.63, 3.8) is 0 Å². The minimum Gasteiger partial charge on any atom is -0.598 e. The summed E-state index contributed by atoms with van der Waals surface area (Å²) in [4.78, 5) is 13.5. The van der Waals surface area contributed by atoms with E-state index in [-0.39, 0.29) is 0 Å². The van der Waals surface area contributed by atoms with E-state index < -0.39 is 11.4 Å². The van der Waals surface area contributed by atoms with Gasteiger partial charge in [0.05, 0.1) is 41.7 Å². The molecule has 0 radical (unpaired) electrons. The van der Waals surface area contributed by atoms with E-state index in [0.717, 1.165) is 56.0 Å². The summed E-state index contributed by atoms with van der Waals surface area (Å²) in [7, 11) is 1.87. The highest BCUT2D eigenvalue weighted by molar-refractivity contribution is 7.88. The highest BCUT2D eigenvalue weighted by Crippen LogP contribution is 2.39. The van der Waals surface area contributed by atoms with Crippen molar-refractivity contribution < 1.29 is 9.29 Å². The molecule has 162 valence electrons. The Morgan fingerprint density at radius 3 is 2.87 bits per heavy atom. The summed E-state index contributed by atoms with van der Waals surface area (Å²) < 4.78 is 20.4. The van der Waals surface area contributed by atoms with Crippen molar-refractivity contribution in [3.05, 3.63) is 34.8 Å². The lowest BCUT2D eigenvalue weighted by atomic mass is 10.1. The molecule has 4 heterocycles. The molecule has 0 bridgehead atoms. The molecule has 1 atom stereocenters. The second kappa shape index (κ2) is 8.36. The van der Waals surface area contributed by atoms with E-state index in [1.807, 2.05) is 35.7 Å². The van der Waals surface area contributed by atoms with Crippen molar-refractivity contribution in [1.82, 2.24) is 24.5 Å². The molecule has 1 unspecified atom stereocenters. The van der Waals surface area contributed by atoms with Crippen LogP contribution in [-0.4, -0.2) is 68.6 Å². The average Bonchev–Trinajstić information content (AvgIpc) is 3.38. The molecular formula is C21H24N6O2S2. The maximum absolute atomic E-state index is 11.9. The number of rotatable bonds is 5. The molecule has 1 aromatic carbocycles. The third-order valence-electron chi connectivity index (χ3n) is 5.69. The SMILES string of the molecule is Cc1c(CN(C)[S+](C)[O-])sc2c(N3CCOCC3)nc(-c3cccc4[nH]ncc34)nc12. The van der Waals surface area contributed by atoms with Crippen molar-refractivity contribution in [2.75, 3.05) is 44.5 Å². The molecule has 3 aromatic heterocycles. The van der Waals surface area contributed by atoms with E-state index in [4.69, 9.17) is 14.7 Å². The molecule has 1 aliphatic heterocycles. The lowest BCUT2D eigenvalue weighted by Crippen LogP contribution is -2.36. The van der Waals surface area contributed by atoms with Gasteiger partial charge < -0.3 is 14.2 Å². The molecule has 5 rings (SSSR count). The van der Waals surface area contributed by atoms with Crippen LogP contribution in [0.3, 0.4) is 0 Å². The summed E-state index contributed by atoms with van der Waals surface area (Å²) in [5.41, 5.74) is 4.00. The van der Waals surface area contributed by atoms with Gasteiger partial charge in [0.1, 0.15) is 6.26 Å². The summed E-state index contributed by atoms with van der Waals surface area (Å²) in [5, 5.41) is 8.22. The quantitative estimate of drug-likeness (QED) is 0.461. The molecule has 4 aromatic rings. The Labute approximate surface area is 187 Å². The van der Waals surface area contributed by atoms with Gasteiger partial charge >= 0.3 is 0 Å². The van der Waals surface area contributed by atoms with Gasteiger partial charge in [-0.25, -0.2) is 9.97 Å². The number of nitrogens with zero attached hydrogens (tertiary/aromatic N) is 5. The summed E-state index contributed by atoms with van der Waals surface area (Å²) in [5.74, 6) is 1.64. The van der Waals surface area contributed by atoms with Gasteiger partial charge in [0.15, 0.2) is 11.6 Å². The molecule has 1 fully saturated rings. The average molecular weight is 457 g/mol. The van der Waals surface area contributed by atoms with Crippen LogP contribution in [0.5, 0.6) is 0 Å². The molecule has 1 aliphatic rings. The Balaban J connectivity index is 1.70. The highest BCUT2D eigenvalue weighted by Gasteiger charge is 2.24. The van der Waals surface area contributed by atoms with Crippen LogP contribution < -0.4 is 4.90 Å². The fourth-order valence-corrected chi connectivity index (χ4v) is 5.54. The normalized spacial score (nSPS) is 16.0. The topological polar surface area (TPSA) is 93.2 Å². The van der Waals surface area contributed by atoms with Crippen LogP contribution >= 0.6 is 11.3 Å². The highest BCUT2D eigenvalue weighted by atomic mass is 32.2. The monoisotopic (exact) mass is 456 g/mol. The van der Waals surface area contributed by atoms with Crippen LogP contribution in [0.25, 0.3) is 32.5 Å². The first kappa shape index (κ1) is 20.7. The molecule has 0 aliphatic carbocycles. The number of aromatic nitrogens is 4. The Morgan fingerprint density at radius 2 is 2.10 bits per heavy atom. The van der Waals surface area contributed by atoms with Gasteiger partial charge in [-0.1, -0.05) is 12.1 Å². The van der Waals surface area contributed by atoms with E-state index >= 15 is 0 Å². The van der Waals surface area contributed by atoms with E-state index in [0.29, 0.717) is 25.6 Å². The molecule has 1 N–H and O–H groups in total. The molecule has 8 nitrogen and oxygen atoms in total. The first-order valence-electron chi connectivity index (χ1n) is 10.1.